The molecule has 1 atom stereocenters. The Morgan fingerprint density at radius 3 is 2.24 bits per heavy atom. The Morgan fingerprint density at radius 2 is 1.82 bits per heavy atom. The average molecular weight is 238 g/mol. The van der Waals surface area contributed by atoms with E-state index in [0.29, 0.717) is 11.8 Å². The molecular weight excluding hydrogens is 228 g/mol. The smallest absolute Gasteiger partial charge is 0.279 e. The summed E-state index contributed by atoms with van der Waals surface area (Å²) in [6.07, 6.45) is 0.593. The van der Waals surface area contributed by atoms with Crippen molar-refractivity contribution in [2.45, 2.75) is 19.8 Å². The summed E-state index contributed by atoms with van der Waals surface area (Å²) in [5.74, 6) is -0.617. The highest BCUT2D eigenvalue weighted by molar-refractivity contribution is 5.66. The normalized spacial score (nSPS) is 11.9. The Labute approximate surface area is 96.4 Å². The van der Waals surface area contributed by atoms with Crippen molar-refractivity contribution in [2.24, 2.45) is 0 Å². The van der Waals surface area contributed by atoms with Crippen LogP contribution < -0.4 is 0 Å². The van der Waals surface area contributed by atoms with E-state index in [4.69, 9.17) is 0 Å². The van der Waals surface area contributed by atoms with E-state index in [9.17, 15) is 25.0 Å². The van der Waals surface area contributed by atoms with Crippen LogP contribution in [0.1, 0.15) is 24.0 Å². The molecule has 1 rings (SSSR count). The van der Waals surface area contributed by atoms with Crippen molar-refractivity contribution >= 4 is 17.7 Å². The predicted molar refractivity (Wildman–Crippen MR) is 59.0 cm³/mol. The first-order valence-corrected chi connectivity index (χ1v) is 4.77. The molecule has 0 aliphatic carbocycles. The summed E-state index contributed by atoms with van der Waals surface area (Å²) in [7, 11) is 0. The Balaban J connectivity index is 3.53. The lowest BCUT2D eigenvalue weighted by molar-refractivity contribution is -0.394. The number of rotatable bonds is 4. The van der Waals surface area contributed by atoms with E-state index in [0.717, 1.165) is 6.07 Å². The van der Waals surface area contributed by atoms with E-state index >= 15 is 0 Å². The van der Waals surface area contributed by atoms with Gasteiger partial charge in [-0.3, -0.25) is 20.2 Å². The minimum Gasteiger partial charge on any atom is -0.303 e. The molecular formula is C10H10N2O5. The largest absolute Gasteiger partial charge is 0.303 e. The van der Waals surface area contributed by atoms with Crippen LogP contribution in [0, 0.1) is 27.2 Å². The van der Waals surface area contributed by atoms with Gasteiger partial charge in [-0.05, 0) is 12.5 Å². The monoisotopic (exact) mass is 238 g/mol. The van der Waals surface area contributed by atoms with Gasteiger partial charge < -0.3 is 4.79 Å². The lowest BCUT2D eigenvalue weighted by Gasteiger charge is -2.08. The Hall–Kier alpha value is -2.31. The fourth-order valence-corrected chi connectivity index (χ4v) is 1.55. The van der Waals surface area contributed by atoms with Crippen molar-refractivity contribution in [3.8, 4) is 0 Å². The number of aldehydes is 1. The van der Waals surface area contributed by atoms with E-state index in [2.05, 4.69) is 0 Å². The third-order valence-electron chi connectivity index (χ3n) is 2.51. The highest BCUT2D eigenvalue weighted by Gasteiger charge is 2.23. The third kappa shape index (κ3) is 2.44. The number of carbonyl (C=O) groups excluding carboxylic acids is 1. The second kappa shape index (κ2) is 4.69. The van der Waals surface area contributed by atoms with Gasteiger partial charge in [-0.2, -0.15) is 0 Å². The summed E-state index contributed by atoms with van der Waals surface area (Å²) in [4.78, 5) is 30.7. The zero-order valence-corrected chi connectivity index (χ0v) is 9.25. The van der Waals surface area contributed by atoms with Crippen LogP contribution in [0.4, 0.5) is 11.4 Å². The zero-order chi connectivity index (χ0) is 13.2. The van der Waals surface area contributed by atoms with Crippen molar-refractivity contribution in [1.82, 2.24) is 0 Å². The molecule has 0 saturated heterocycles. The van der Waals surface area contributed by atoms with Crippen molar-refractivity contribution in [1.29, 1.82) is 0 Å². The fraction of sp³-hybridized carbons (Fsp3) is 0.300. The van der Waals surface area contributed by atoms with Crippen LogP contribution in [0.3, 0.4) is 0 Å². The summed E-state index contributed by atoms with van der Waals surface area (Å²) in [5.41, 5.74) is -0.144. The van der Waals surface area contributed by atoms with Crippen LogP contribution in [0.5, 0.6) is 0 Å². The predicted octanol–water partition coefficient (Wildman–Crippen LogP) is 2.11. The van der Waals surface area contributed by atoms with Crippen LogP contribution in [-0.4, -0.2) is 16.1 Å². The second-order valence-corrected chi connectivity index (χ2v) is 3.62. The first-order valence-electron chi connectivity index (χ1n) is 4.77. The van der Waals surface area contributed by atoms with Crippen molar-refractivity contribution < 1.29 is 14.6 Å². The first-order chi connectivity index (χ1) is 7.88. The van der Waals surface area contributed by atoms with E-state index in [1.54, 1.807) is 0 Å². The number of carbonyl (C=O) groups is 1. The van der Waals surface area contributed by atoms with Crippen LogP contribution in [0.15, 0.2) is 12.1 Å². The van der Waals surface area contributed by atoms with Gasteiger partial charge in [-0.25, -0.2) is 0 Å². The van der Waals surface area contributed by atoms with Crippen molar-refractivity contribution in [2.75, 3.05) is 0 Å². The molecule has 1 unspecified atom stereocenters. The molecule has 1 aromatic rings. The van der Waals surface area contributed by atoms with Gasteiger partial charge in [0.05, 0.1) is 15.9 Å². The molecule has 0 bridgehead atoms. The molecule has 0 heterocycles. The van der Waals surface area contributed by atoms with Crippen LogP contribution >= 0.6 is 0 Å². The molecule has 7 nitrogen and oxygen atoms in total. The number of nitro benzene ring substituents is 2. The van der Waals surface area contributed by atoms with Gasteiger partial charge in [0.25, 0.3) is 11.4 Å². The van der Waals surface area contributed by atoms with E-state index in [-0.39, 0.29) is 16.9 Å². The molecule has 0 aliphatic heterocycles. The first kappa shape index (κ1) is 12.8. The molecule has 1 aromatic carbocycles. The maximum atomic E-state index is 10.8. The number of hydrogen-bond donors (Lipinski definition) is 0. The van der Waals surface area contributed by atoms with E-state index < -0.39 is 15.8 Å². The topological polar surface area (TPSA) is 103 Å². The highest BCUT2D eigenvalue weighted by Crippen LogP contribution is 2.31. The van der Waals surface area contributed by atoms with Crippen molar-refractivity contribution in [3.05, 3.63) is 43.5 Å². The molecule has 0 amide bonds. The van der Waals surface area contributed by atoms with Crippen molar-refractivity contribution in [3.63, 3.8) is 0 Å². The third-order valence-corrected chi connectivity index (χ3v) is 2.51. The quantitative estimate of drug-likeness (QED) is 0.454. The molecule has 90 valence electrons. The van der Waals surface area contributed by atoms with E-state index in [1.807, 2.05) is 0 Å². The fourth-order valence-electron chi connectivity index (χ4n) is 1.55. The molecule has 0 fully saturated rings. The maximum absolute atomic E-state index is 10.8. The number of nitrogens with zero attached hydrogens (tertiary/aromatic N) is 2. The molecule has 7 heteroatoms. The molecule has 0 saturated carbocycles. The summed E-state index contributed by atoms with van der Waals surface area (Å²) in [6, 6.07) is 2.09. The van der Waals surface area contributed by atoms with Crippen LogP contribution in [0.25, 0.3) is 0 Å². The average Bonchev–Trinajstić information content (AvgIpc) is 2.27. The zero-order valence-electron chi connectivity index (χ0n) is 9.25. The molecule has 0 aliphatic rings. The number of hydrogen-bond acceptors (Lipinski definition) is 5. The van der Waals surface area contributed by atoms with Gasteiger partial charge in [0.15, 0.2) is 0 Å². The number of non-ortho nitro benzene ring substituents is 1. The second-order valence-electron chi connectivity index (χ2n) is 3.62. The highest BCUT2D eigenvalue weighted by atomic mass is 16.6. The minimum absolute atomic E-state index is 0.278. The van der Waals surface area contributed by atoms with Crippen LogP contribution in [-0.2, 0) is 4.79 Å². The number of nitro groups is 2. The Kier molecular flexibility index (Phi) is 3.52. The maximum Gasteiger partial charge on any atom is 0.279 e. The molecule has 0 aromatic heterocycles. The van der Waals surface area contributed by atoms with Gasteiger partial charge in [0.2, 0.25) is 0 Å². The minimum atomic E-state index is -0.715. The summed E-state index contributed by atoms with van der Waals surface area (Å²) in [5, 5.41) is 21.4. The molecule has 0 spiro atoms. The molecule has 17 heavy (non-hydrogen) atoms. The van der Waals surface area contributed by atoms with Gasteiger partial charge in [0.1, 0.15) is 6.29 Å². The molecule has 0 radical (unpaired) electrons. The summed E-state index contributed by atoms with van der Waals surface area (Å²) in [6.45, 7) is 3.00. The Bertz CT molecular complexity index is 498. The standard InChI is InChI=1S/C10H10N2O5/c1-6(5-13)9-3-8(11(14)15)4-10(7(9)2)12(16)17/h3-6H,1-2H3. The summed E-state index contributed by atoms with van der Waals surface area (Å²) < 4.78 is 0. The lowest BCUT2D eigenvalue weighted by atomic mass is 9.95. The van der Waals surface area contributed by atoms with Gasteiger partial charge in [-0.15, -0.1) is 0 Å². The lowest BCUT2D eigenvalue weighted by Crippen LogP contribution is -2.03. The van der Waals surface area contributed by atoms with Gasteiger partial charge in [-0.1, -0.05) is 6.92 Å². The van der Waals surface area contributed by atoms with E-state index in [1.165, 1.54) is 19.9 Å². The SMILES string of the molecule is Cc1c(C(C)C=O)cc([N+](=O)[O-])cc1[N+](=O)[O-]. The summed E-state index contributed by atoms with van der Waals surface area (Å²) >= 11 is 0. The van der Waals surface area contributed by atoms with Gasteiger partial charge in [0, 0.05) is 17.5 Å². The van der Waals surface area contributed by atoms with Gasteiger partial charge >= 0.3 is 0 Å². The molecule has 0 N–H and O–H groups in total. The number of benzene rings is 1. The Morgan fingerprint density at radius 1 is 1.24 bits per heavy atom. The van der Waals surface area contributed by atoms with Crippen LogP contribution in [0.2, 0.25) is 0 Å².